The minimum absolute atomic E-state index is 0.00897. The van der Waals surface area contributed by atoms with Gasteiger partial charge in [0.1, 0.15) is 5.03 Å². The summed E-state index contributed by atoms with van der Waals surface area (Å²) in [4.78, 5) is 20.6. The standard InChI is InChI=1S/C17H13F2N3OS2/c1-10-4-6-11(7-5-10)13-9-24-17(21-13)22-14(23)12-3-2-8-20-15(12)25-16(18)19/h2-9,16H,1H3,(H,21,22,23). The number of thiazole rings is 1. The van der Waals surface area contributed by atoms with Crippen molar-refractivity contribution in [3.05, 3.63) is 59.1 Å². The van der Waals surface area contributed by atoms with Gasteiger partial charge in [0.15, 0.2) is 5.13 Å². The Hall–Kier alpha value is -2.32. The fourth-order valence-corrected chi connectivity index (χ4v) is 3.39. The topological polar surface area (TPSA) is 54.9 Å². The zero-order valence-corrected chi connectivity index (χ0v) is 14.7. The van der Waals surface area contributed by atoms with Crippen molar-refractivity contribution >= 4 is 34.1 Å². The van der Waals surface area contributed by atoms with Crippen LogP contribution in [0.3, 0.4) is 0 Å². The summed E-state index contributed by atoms with van der Waals surface area (Å²) in [7, 11) is 0. The van der Waals surface area contributed by atoms with Crippen LogP contribution in [0.5, 0.6) is 0 Å². The van der Waals surface area contributed by atoms with Crippen molar-refractivity contribution in [1.29, 1.82) is 0 Å². The van der Waals surface area contributed by atoms with Crippen LogP contribution in [0.2, 0.25) is 0 Å². The normalized spacial score (nSPS) is 10.9. The molecule has 2 aromatic heterocycles. The number of carbonyl (C=O) groups is 1. The van der Waals surface area contributed by atoms with E-state index in [9.17, 15) is 13.6 Å². The number of nitrogens with one attached hydrogen (secondary N) is 1. The molecule has 0 atom stereocenters. The molecule has 4 nitrogen and oxygen atoms in total. The van der Waals surface area contributed by atoms with Crippen molar-refractivity contribution in [1.82, 2.24) is 9.97 Å². The average Bonchev–Trinajstić information content (AvgIpc) is 3.04. The van der Waals surface area contributed by atoms with E-state index in [1.54, 1.807) is 0 Å². The molecular weight excluding hydrogens is 364 g/mol. The summed E-state index contributed by atoms with van der Waals surface area (Å²) in [6.45, 7) is 2.00. The quantitative estimate of drug-likeness (QED) is 0.630. The van der Waals surface area contributed by atoms with Crippen molar-refractivity contribution in [3.8, 4) is 11.3 Å². The number of halogens is 2. The number of rotatable bonds is 5. The lowest BCUT2D eigenvalue weighted by Crippen LogP contribution is -2.13. The molecule has 0 saturated heterocycles. The number of carbonyl (C=O) groups excluding carboxylic acids is 1. The van der Waals surface area contributed by atoms with Crippen LogP contribution in [0.25, 0.3) is 11.3 Å². The molecule has 0 unspecified atom stereocenters. The van der Waals surface area contributed by atoms with Crippen molar-refractivity contribution < 1.29 is 13.6 Å². The highest BCUT2D eigenvalue weighted by atomic mass is 32.2. The van der Waals surface area contributed by atoms with Crippen molar-refractivity contribution in [2.75, 3.05) is 5.32 Å². The second-order valence-electron chi connectivity index (χ2n) is 5.09. The van der Waals surface area contributed by atoms with Crippen LogP contribution < -0.4 is 5.32 Å². The number of pyridine rings is 1. The summed E-state index contributed by atoms with van der Waals surface area (Å²) < 4.78 is 25.2. The van der Waals surface area contributed by atoms with Crippen molar-refractivity contribution in [3.63, 3.8) is 0 Å². The molecule has 0 radical (unpaired) electrons. The fourth-order valence-electron chi connectivity index (χ4n) is 2.09. The molecule has 3 rings (SSSR count). The first-order valence-corrected chi connectivity index (χ1v) is 9.02. The Morgan fingerprint density at radius 3 is 2.72 bits per heavy atom. The molecule has 0 aliphatic carbocycles. The molecule has 2 heterocycles. The van der Waals surface area contributed by atoms with Gasteiger partial charge in [-0.3, -0.25) is 10.1 Å². The van der Waals surface area contributed by atoms with Gasteiger partial charge in [0.05, 0.1) is 11.3 Å². The van der Waals surface area contributed by atoms with Gasteiger partial charge in [0.2, 0.25) is 0 Å². The van der Waals surface area contributed by atoms with Crippen LogP contribution in [0.1, 0.15) is 15.9 Å². The van der Waals surface area contributed by atoms with Gasteiger partial charge in [-0.15, -0.1) is 11.3 Å². The van der Waals surface area contributed by atoms with Crippen LogP contribution in [0.4, 0.5) is 13.9 Å². The Labute approximate surface area is 151 Å². The molecule has 0 spiro atoms. The minimum Gasteiger partial charge on any atom is -0.298 e. The third-order valence-corrected chi connectivity index (χ3v) is 4.77. The number of aryl methyl sites for hydroxylation is 1. The Morgan fingerprint density at radius 2 is 2.00 bits per heavy atom. The molecule has 0 bridgehead atoms. The highest BCUT2D eigenvalue weighted by molar-refractivity contribution is 7.99. The highest BCUT2D eigenvalue weighted by Crippen LogP contribution is 2.28. The Morgan fingerprint density at radius 1 is 1.24 bits per heavy atom. The molecular formula is C17H13F2N3OS2. The SMILES string of the molecule is Cc1ccc(-c2csc(NC(=O)c3cccnc3SC(F)F)n2)cc1. The smallest absolute Gasteiger partial charge is 0.290 e. The van der Waals surface area contributed by atoms with E-state index in [1.165, 1.54) is 29.7 Å². The molecule has 128 valence electrons. The van der Waals surface area contributed by atoms with Gasteiger partial charge in [-0.05, 0) is 30.8 Å². The maximum absolute atomic E-state index is 12.6. The van der Waals surface area contributed by atoms with Crippen molar-refractivity contribution in [2.45, 2.75) is 17.7 Å². The predicted molar refractivity (Wildman–Crippen MR) is 96.3 cm³/mol. The number of hydrogen-bond acceptors (Lipinski definition) is 5. The van der Waals surface area contributed by atoms with E-state index in [1.807, 2.05) is 36.6 Å². The van der Waals surface area contributed by atoms with E-state index in [0.29, 0.717) is 5.13 Å². The maximum Gasteiger partial charge on any atom is 0.290 e. The molecule has 0 aliphatic heterocycles. The second kappa shape index (κ2) is 7.71. The number of anilines is 1. The molecule has 25 heavy (non-hydrogen) atoms. The van der Waals surface area contributed by atoms with E-state index in [-0.39, 0.29) is 22.4 Å². The Balaban J connectivity index is 1.77. The monoisotopic (exact) mass is 377 g/mol. The van der Waals surface area contributed by atoms with Crippen LogP contribution in [0.15, 0.2) is 53.0 Å². The number of alkyl halides is 2. The van der Waals surface area contributed by atoms with E-state index in [2.05, 4.69) is 15.3 Å². The summed E-state index contributed by atoms with van der Waals surface area (Å²) in [6.07, 6.45) is 1.38. The molecule has 1 N–H and O–H groups in total. The number of aromatic nitrogens is 2. The summed E-state index contributed by atoms with van der Waals surface area (Å²) in [5.41, 5.74) is 2.93. The third-order valence-electron chi connectivity index (χ3n) is 3.29. The van der Waals surface area contributed by atoms with Gasteiger partial charge in [0.25, 0.3) is 11.7 Å². The van der Waals surface area contributed by atoms with Gasteiger partial charge in [0, 0.05) is 17.1 Å². The molecule has 0 aliphatic rings. The third kappa shape index (κ3) is 4.40. The molecule has 3 aromatic rings. The molecule has 0 saturated carbocycles. The lowest BCUT2D eigenvalue weighted by atomic mass is 10.1. The van der Waals surface area contributed by atoms with E-state index >= 15 is 0 Å². The molecule has 1 amide bonds. The zero-order valence-electron chi connectivity index (χ0n) is 13.1. The lowest BCUT2D eigenvalue weighted by molar-refractivity contribution is 0.102. The first-order chi connectivity index (χ1) is 12.0. The minimum atomic E-state index is -2.64. The lowest BCUT2D eigenvalue weighted by Gasteiger charge is -2.06. The largest absolute Gasteiger partial charge is 0.298 e. The maximum atomic E-state index is 12.6. The number of thioether (sulfide) groups is 1. The van der Waals surface area contributed by atoms with Gasteiger partial charge in [-0.2, -0.15) is 8.78 Å². The predicted octanol–water partition coefficient (Wildman–Crippen LogP) is 5.08. The molecule has 0 fully saturated rings. The summed E-state index contributed by atoms with van der Waals surface area (Å²) in [5.74, 6) is -3.16. The van der Waals surface area contributed by atoms with Crippen LogP contribution >= 0.6 is 23.1 Å². The fraction of sp³-hybridized carbons (Fsp3) is 0.118. The first kappa shape index (κ1) is 17.5. The second-order valence-corrected chi connectivity index (χ2v) is 6.93. The molecule has 1 aromatic carbocycles. The zero-order chi connectivity index (χ0) is 17.8. The summed E-state index contributed by atoms with van der Waals surface area (Å²) >= 11 is 1.52. The Kier molecular flexibility index (Phi) is 5.40. The first-order valence-electron chi connectivity index (χ1n) is 7.26. The average molecular weight is 377 g/mol. The van der Waals surface area contributed by atoms with Crippen molar-refractivity contribution in [2.24, 2.45) is 0 Å². The van der Waals surface area contributed by atoms with Gasteiger partial charge >= 0.3 is 0 Å². The number of benzene rings is 1. The van der Waals surface area contributed by atoms with E-state index < -0.39 is 11.7 Å². The van der Waals surface area contributed by atoms with Gasteiger partial charge < -0.3 is 0 Å². The van der Waals surface area contributed by atoms with E-state index in [4.69, 9.17) is 0 Å². The number of nitrogens with zero attached hydrogens (tertiary/aromatic N) is 2. The van der Waals surface area contributed by atoms with Crippen LogP contribution in [0, 0.1) is 6.92 Å². The highest BCUT2D eigenvalue weighted by Gasteiger charge is 2.17. The Bertz CT molecular complexity index is 882. The number of amides is 1. The molecule has 8 heteroatoms. The summed E-state index contributed by atoms with van der Waals surface area (Å²) in [5, 5.41) is 4.87. The summed E-state index contributed by atoms with van der Waals surface area (Å²) in [6, 6.07) is 10.9. The van der Waals surface area contributed by atoms with E-state index in [0.717, 1.165) is 16.8 Å². The van der Waals surface area contributed by atoms with Crippen LogP contribution in [-0.4, -0.2) is 21.6 Å². The number of hydrogen-bond donors (Lipinski definition) is 1. The van der Waals surface area contributed by atoms with Gasteiger partial charge in [-0.25, -0.2) is 9.97 Å². The van der Waals surface area contributed by atoms with Gasteiger partial charge in [-0.1, -0.05) is 29.8 Å². The van der Waals surface area contributed by atoms with Crippen LogP contribution in [-0.2, 0) is 0 Å².